The molecule has 0 aliphatic heterocycles. The van der Waals surface area contributed by atoms with E-state index in [1.807, 2.05) is 153 Å². The summed E-state index contributed by atoms with van der Waals surface area (Å²) in [5, 5.41) is 1.18. The number of hydrogen-bond acceptors (Lipinski definition) is 10. The monoisotopic (exact) mass is 1130 g/mol. The van der Waals surface area contributed by atoms with E-state index in [1.165, 1.54) is 0 Å². The summed E-state index contributed by atoms with van der Waals surface area (Å²) in [7, 11) is 1.63. The second-order valence-corrected chi connectivity index (χ2v) is 19.5. The van der Waals surface area contributed by atoms with Crippen LogP contribution in [-0.2, 0) is 0 Å². The second-order valence-electron chi connectivity index (χ2n) is 18.6. The van der Waals surface area contributed by atoms with E-state index in [9.17, 15) is 14.4 Å². The average Bonchev–Trinajstić information content (AvgIpc) is 3.59. The quantitative estimate of drug-likeness (QED) is 0.0725. The largest absolute Gasteiger partial charge is 0.497 e. The molecule has 0 aliphatic carbocycles. The van der Waals surface area contributed by atoms with Crippen LogP contribution in [0.2, 0.25) is 10.0 Å². The highest BCUT2D eigenvalue weighted by atomic mass is 35.5. The molecule has 0 heterocycles. The summed E-state index contributed by atoms with van der Waals surface area (Å²) in [5.74, 6) is 8.31. The third-order valence-electron chi connectivity index (χ3n) is 12.6. The summed E-state index contributed by atoms with van der Waals surface area (Å²) in [6.45, 7) is 1.99. The van der Waals surface area contributed by atoms with Gasteiger partial charge >= 0.3 is 0 Å². The van der Waals surface area contributed by atoms with E-state index < -0.39 is 0 Å². The SMILES string of the molecule is COc1ccc(Oc2cccc(Oc3ccc(Oc4ccc(C(=O)c5ccc(Cl)cc5)cc4)cc3)c2)cc1.Cc1ccc(C(=O)c2ccc(Oc3ccc(Oc4ccc(Oc5ccc(C(=O)c6ccc(Cl)cc6)cc5)cc4)cc3)cc2)cc1. The standard InChI is InChI=1S/C39H27ClO5.C32H23ClO5/c1-26-2-4-27(5-3-26)38(41)29-8-14-32(15-9-29)43-34-18-22-36(23-19-34)45-37-24-20-35(21-25-37)44-33-16-10-30(11-17-33)39(42)28-6-12-31(40)13-7-28;1-35-25-13-15-28(16-14-25)37-30-3-2-4-31(21-30)38-29-19-17-27(18-20-29)36-26-11-7-23(8-12-26)32(34)22-5-9-24(33)10-6-22/h2-25H,1H3;2-21H,1H3. The van der Waals surface area contributed by atoms with Crippen molar-refractivity contribution in [3.8, 4) is 74.7 Å². The fraction of sp³-hybridized carbons (Fsp3) is 0.0282. The van der Waals surface area contributed by atoms with E-state index in [1.54, 1.807) is 128 Å². The van der Waals surface area contributed by atoms with Crippen LogP contribution < -0.4 is 33.2 Å². The molecule has 408 valence electrons. The van der Waals surface area contributed by atoms with Gasteiger partial charge in [0.1, 0.15) is 74.7 Å². The van der Waals surface area contributed by atoms with Crippen LogP contribution in [0.5, 0.6) is 74.7 Å². The third kappa shape index (κ3) is 15.5. The van der Waals surface area contributed by atoms with Gasteiger partial charge in [-0.05, 0) is 237 Å². The Bertz CT molecular complexity index is 3800. The average molecular weight is 1130 g/mol. The zero-order valence-corrected chi connectivity index (χ0v) is 46.3. The topological polar surface area (TPSA) is 116 Å². The Morgan fingerprint density at radius 3 is 0.687 bits per heavy atom. The summed E-state index contributed by atoms with van der Waals surface area (Å²) < 4.78 is 40.9. The molecule has 0 amide bonds. The van der Waals surface area contributed by atoms with Crippen LogP contribution in [0.3, 0.4) is 0 Å². The molecule has 0 aromatic heterocycles. The lowest BCUT2D eigenvalue weighted by atomic mass is 10.0. The first-order chi connectivity index (χ1) is 40.4. The molecule has 0 spiro atoms. The van der Waals surface area contributed by atoms with Gasteiger partial charge in [0, 0.05) is 49.5 Å². The van der Waals surface area contributed by atoms with Gasteiger partial charge in [0.2, 0.25) is 0 Å². The van der Waals surface area contributed by atoms with Crippen LogP contribution in [0.25, 0.3) is 0 Å². The van der Waals surface area contributed by atoms with E-state index in [4.69, 9.17) is 56.4 Å². The molecule has 11 rings (SSSR count). The van der Waals surface area contributed by atoms with Crippen molar-refractivity contribution in [3.63, 3.8) is 0 Å². The smallest absolute Gasteiger partial charge is 0.193 e. The molecule has 0 saturated heterocycles. The van der Waals surface area contributed by atoms with Crippen molar-refractivity contribution >= 4 is 40.6 Å². The van der Waals surface area contributed by atoms with Crippen molar-refractivity contribution in [2.45, 2.75) is 6.92 Å². The molecule has 0 bridgehead atoms. The van der Waals surface area contributed by atoms with Crippen LogP contribution in [0, 0.1) is 6.92 Å². The van der Waals surface area contributed by atoms with Gasteiger partial charge in [-0.2, -0.15) is 0 Å². The lowest BCUT2D eigenvalue weighted by Crippen LogP contribution is -2.00. The highest BCUT2D eigenvalue weighted by molar-refractivity contribution is 6.31. The number of ketones is 3. The first kappa shape index (κ1) is 55.9. The summed E-state index contributed by atoms with van der Waals surface area (Å²) in [5.41, 5.74) is 4.66. The zero-order valence-electron chi connectivity index (χ0n) is 44.7. The molecule has 12 heteroatoms. The summed E-state index contributed by atoms with van der Waals surface area (Å²) in [6.07, 6.45) is 0. The Hall–Kier alpha value is -10.4. The Labute approximate surface area is 490 Å². The van der Waals surface area contributed by atoms with Gasteiger partial charge in [0.25, 0.3) is 0 Å². The van der Waals surface area contributed by atoms with Gasteiger partial charge in [-0.25, -0.2) is 0 Å². The number of hydrogen-bond donors (Lipinski definition) is 0. The molecule has 11 aromatic carbocycles. The first-order valence-electron chi connectivity index (χ1n) is 26.1. The van der Waals surface area contributed by atoms with Gasteiger partial charge in [-0.1, -0.05) is 59.1 Å². The molecule has 0 aliphatic rings. The Kier molecular flexibility index (Phi) is 18.0. The predicted octanol–water partition coefficient (Wildman–Crippen LogP) is 19.4. The molecule has 0 N–H and O–H groups in total. The van der Waals surface area contributed by atoms with Crippen LogP contribution in [0.15, 0.2) is 267 Å². The zero-order chi connectivity index (χ0) is 57.5. The minimum Gasteiger partial charge on any atom is -0.497 e. The number of carbonyl (C=O) groups is 3. The lowest BCUT2D eigenvalue weighted by Gasteiger charge is -2.11. The number of carbonyl (C=O) groups excluding carboxylic acids is 3. The molecule has 83 heavy (non-hydrogen) atoms. The van der Waals surface area contributed by atoms with E-state index >= 15 is 0 Å². The highest BCUT2D eigenvalue weighted by Crippen LogP contribution is 2.33. The van der Waals surface area contributed by atoms with Gasteiger partial charge in [0.05, 0.1) is 7.11 Å². The molecule has 0 saturated carbocycles. The molecule has 0 radical (unpaired) electrons. The molecular formula is C71H50Cl2O10. The maximum Gasteiger partial charge on any atom is 0.193 e. The molecule has 0 atom stereocenters. The van der Waals surface area contributed by atoms with Gasteiger partial charge in [0.15, 0.2) is 17.3 Å². The molecule has 11 aromatic rings. The fourth-order valence-corrected chi connectivity index (χ4v) is 8.47. The minimum atomic E-state index is -0.0831. The van der Waals surface area contributed by atoms with Crippen LogP contribution in [-0.4, -0.2) is 24.5 Å². The van der Waals surface area contributed by atoms with Gasteiger partial charge in [-0.3, -0.25) is 14.4 Å². The fourth-order valence-electron chi connectivity index (χ4n) is 8.22. The highest BCUT2D eigenvalue weighted by Gasteiger charge is 2.13. The number of methoxy groups -OCH3 is 1. The van der Waals surface area contributed by atoms with Gasteiger partial charge < -0.3 is 33.2 Å². The normalized spacial score (nSPS) is 10.6. The Morgan fingerprint density at radius 2 is 0.446 bits per heavy atom. The first-order valence-corrected chi connectivity index (χ1v) is 26.8. The Morgan fingerprint density at radius 1 is 0.253 bits per heavy atom. The number of rotatable bonds is 19. The maximum atomic E-state index is 12.7. The number of ether oxygens (including phenoxy) is 7. The van der Waals surface area contributed by atoms with Crippen molar-refractivity contribution in [1.29, 1.82) is 0 Å². The third-order valence-corrected chi connectivity index (χ3v) is 13.1. The molecule has 10 nitrogen and oxygen atoms in total. The second kappa shape index (κ2) is 26.7. The van der Waals surface area contributed by atoms with Crippen molar-refractivity contribution in [2.75, 3.05) is 7.11 Å². The van der Waals surface area contributed by atoms with E-state index in [2.05, 4.69) is 0 Å². The van der Waals surface area contributed by atoms with Crippen LogP contribution in [0.1, 0.15) is 53.3 Å². The number of benzene rings is 11. The van der Waals surface area contributed by atoms with Crippen LogP contribution in [0.4, 0.5) is 0 Å². The van der Waals surface area contributed by atoms with E-state index in [0.29, 0.717) is 112 Å². The van der Waals surface area contributed by atoms with Crippen molar-refractivity contribution in [2.24, 2.45) is 0 Å². The molecular weight excluding hydrogens is 1080 g/mol. The summed E-state index contributed by atoms with van der Waals surface area (Å²) in [6, 6.07) is 78.9. The molecule has 0 unspecified atom stereocenters. The lowest BCUT2D eigenvalue weighted by molar-refractivity contribution is 0.103. The summed E-state index contributed by atoms with van der Waals surface area (Å²) in [4.78, 5) is 38.0. The Balaban J connectivity index is 0.000000188. The number of aryl methyl sites for hydroxylation is 1. The van der Waals surface area contributed by atoms with Crippen LogP contribution >= 0.6 is 23.2 Å². The molecule has 0 fully saturated rings. The van der Waals surface area contributed by atoms with E-state index in [0.717, 1.165) is 11.3 Å². The predicted molar refractivity (Wildman–Crippen MR) is 323 cm³/mol. The number of halogens is 2. The van der Waals surface area contributed by atoms with Crippen molar-refractivity contribution < 1.29 is 47.5 Å². The minimum absolute atomic E-state index is 0.0276. The van der Waals surface area contributed by atoms with E-state index in [-0.39, 0.29) is 17.3 Å². The van der Waals surface area contributed by atoms with Crippen molar-refractivity contribution in [3.05, 3.63) is 316 Å². The maximum absolute atomic E-state index is 12.7. The van der Waals surface area contributed by atoms with Gasteiger partial charge in [-0.15, -0.1) is 0 Å². The summed E-state index contributed by atoms with van der Waals surface area (Å²) >= 11 is 11.8. The van der Waals surface area contributed by atoms with Crippen molar-refractivity contribution in [1.82, 2.24) is 0 Å².